The van der Waals surface area contributed by atoms with Crippen molar-refractivity contribution in [1.29, 1.82) is 0 Å². The summed E-state index contributed by atoms with van der Waals surface area (Å²) in [5, 5.41) is 5.79. The molecule has 1 aromatic heterocycles. The van der Waals surface area contributed by atoms with Gasteiger partial charge >= 0.3 is 6.36 Å². The number of halogens is 3. The zero-order valence-electron chi connectivity index (χ0n) is 20.5. The molecule has 4 rings (SSSR count). The highest BCUT2D eigenvalue weighted by molar-refractivity contribution is 6.04. The van der Waals surface area contributed by atoms with Gasteiger partial charge in [0, 0.05) is 28.1 Å². The smallest absolute Gasteiger partial charge is 0.387 e. The number of rotatable bonds is 7. The maximum Gasteiger partial charge on any atom is 0.574 e. The third-order valence-corrected chi connectivity index (χ3v) is 5.47. The Morgan fingerprint density at radius 2 is 1.54 bits per heavy atom. The number of anilines is 3. The molecule has 0 saturated heterocycles. The first kappa shape index (κ1) is 25.7. The lowest BCUT2D eigenvalue weighted by atomic mass is 10.1. The maximum absolute atomic E-state index is 13.1. The number of aryl methyl sites for hydroxylation is 2. The number of benzene rings is 3. The van der Waals surface area contributed by atoms with Gasteiger partial charge in [-0.1, -0.05) is 43.3 Å². The average Bonchev–Trinajstić information content (AvgIpc) is 2.83. The number of ether oxygens (including phenoxy) is 1. The van der Waals surface area contributed by atoms with Crippen LogP contribution in [0.5, 0.6) is 5.88 Å². The Hall–Kier alpha value is -4.40. The van der Waals surface area contributed by atoms with Crippen molar-refractivity contribution in [3.63, 3.8) is 0 Å². The first-order valence-electron chi connectivity index (χ1n) is 11.6. The van der Waals surface area contributed by atoms with Crippen LogP contribution >= 0.6 is 0 Å². The maximum atomic E-state index is 13.1. The second-order valence-corrected chi connectivity index (χ2v) is 8.48. The van der Waals surface area contributed by atoms with Crippen LogP contribution in [0, 0.1) is 13.8 Å². The van der Waals surface area contributed by atoms with E-state index < -0.39 is 12.2 Å². The molecule has 0 radical (unpaired) electrons. The van der Waals surface area contributed by atoms with E-state index in [-0.39, 0.29) is 23.8 Å². The quantitative estimate of drug-likeness (QED) is 0.277. The van der Waals surface area contributed by atoms with Crippen LogP contribution in [-0.4, -0.2) is 22.2 Å². The van der Waals surface area contributed by atoms with E-state index in [0.29, 0.717) is 28.2 Å². The zero-order chi connectivity index (χ0) is 26.6. The van der Waals surface area contributed by atoms with Gasteiger partial charge < -0.3 is 15.4 Å². The van der Waals surface area contributed by atoms with Crippen molar-refractivity contribution in [3.05, 3.63) is 95.1 Å². The molecule has 1 amide bonds. The molecule has 4 aromatic rings. The number of nitrogens with one attached hydrogen (secondary N) is 2. The predicted molar refractivity (Wildman–Crippen MR) is 137 cm³/mol. The largest absolute Gasteiger partial charge is 0.574 e. The van der Waals surface area contributed by atoms with Crippen LogP contribution < -0.4 is 15.4 Å². The van der Waals surface area contributed by atoms with E-state index in [2.05, 4.69) is 25.3 Å². The Kier molecular flexibility index (Phi) is 7.42. The third-order valence-electron chi connectivity index (χ3n) is 5.47. The molecule has 9 heteroatoms. The Balaban J connectivity index is 1.60. The van der Waals surface area contributed by atoms with Crippen LogP contribution in [0.4, 0.5) is 30.5 Å². The molecular formula is C28H25F3N4O2. The summed E-state index contributed by atoms with van der Waals surface area (Å²) >= 11 is 0. The minimum Gasteiger partial charge on any atom is -0.387 e. The van der Waals surface area contributed by atoms with Crippen LogP contribution in [0.2, 0.25) is 0 Å². The number of alkyl halides is 3. The highest BCUT2D eigenvalue weighted by Gasteiger charge is 2.34. The van der Waals surface area contributed by atoms with Crippen molar-refractivity contribution < 1.29 is 22.7 Å². The van der Waals surface area contributed by atoms with E-state index in [1.54, 1.807) is 61.5 Å². The van der Waals surface area contributed by atoms with E-state index in [0.717, 1.165) is 11.1 Å². The first-order chi connectivity index (χ1) is 17.6. The summed E-state index contributed by atoms with van der Waals surface area (Å²) in [5.74, 6) is -0.911. The van der Waals surface area contributed by atoms with E-state index in [1.807, 2.05) is 32.0 Å². The van der Waals surface area contributed by atoms with Gasteiger partial charge in [0.15, 0.2) is 0 Å². The molecule has 0 unspecified atom stereocenters. The van der Waals surface area contributed by atoms with Crippen molar-refractivity contribution in [2.75, 3.05) is 10.6 Å². The van der Waals surface area contributed by atoms with Gasteiger partial charge in [0.25, 0.3) is 5.91 Å². The summed E-state index contributed by atoms with van der Waals surface area (Å²) in [7, 11) is 0. The van der Waals surface area contributed by atoms with Gasteiger partial charge in [-0.2, -0.15) is 4.98 Å². The topological polar surface area (TPSA) is 76.1 Å². The first-order valence-corrected chi connectivity index (χ1v) is 11.6. The molecule has 0 aliphatic heterocycles. The van der Waals surface area contributed by atoms with Crippen LogP contribution in [0.1, 0.15) is 34.0 Å². The summed E-state index contributed by atoms with van der Waals surface area (Å²) in [4.78, 5) is 21.2. The molecule has 0 fully saturated rings. The fourth-order valence-electron chi connectivity index (χ4n) is 3.95. The molecule has 0 saturated carbocycles. The SMILES string of the molecule is CCc1c(OC(F)(F)F)nc(Nc2ccc(C(=O)Nc3cc(C)cc(C)c3)cc2)nc1-c1ccccc1. The van der Waals surface area contributed by atoms with Crippen LogP contribution in [0.3, 0.4) is 0 Å². The second kappa shape index (κ2) is 10.7. The molecule has 3 aromatic carbocycles. The van der Waals surface area contributed by atoms with E-state index in [4.69, 9.17) is 0 Å². The highest BCUT2D eigenvalue weighted by Crippen LogP contribution is 2.33. The number of carbonyl (C=O) groups excluding carboxylic acids is 1. The van der Waals surface area contributed by atoms with Gasteiger partial charge in [0.1, 0.15) is 0 Å². The van der Waals surface area contributed by atoms with Crippen molar-refractivity contribution in [2.45, 2.75) is 33.6 Å². The number of aromatic nitrogens is 2. The van der Waals surface area contributed by atoms with Gasteiger partial charge in [-0.3, -0.25) is 4.79 Å². The molecule has 1 heterocycles. The fourth-order valence-corrected chi connectivity index (χ4v) is 3.95. The predicted octanol–water partition coefficient (Wildman–Crippen LogP) is 7.22. The van der Waals surface area contributed by atoms with E-state index >= 15 is 0 Å². The normalized spacial score (nSPS) is 11.2. The van der Waals surface area contributed by atoms with E-state index in [1.165, 1.54) is 0 Å². The van der Waals surface area contributed by atoms with Crippen molar-refractivity contribution >= 4 is 23.2 Å². The summed E-state index contributed by atoms with van der Waals surface area (Å²) in [6.45, 7) is 5.61. The molecule has 6 nitrogen and oxygen atoms in total. The monoisotopic (exact) mass is 506 g/mol. The molecule has 0 atom stereocenters. The minimum atomic E-state index is -4.91. The number of amides is 1. The molecule has 2 N–H and O–H groups in total. The molecule has 0 aliphatic rings. The highest BCUT2D eigenvalue weighted by atomic mass is 19.4. The lowest BCUT2D eigenvalue weighted by Gasteiger charge is -2.16. The molecule has 0 aliphatic carbocycles. The number of carbonyl (C=O) groups is 1. The lowest BCUT2D eigenvalue weighted by molar-refractivity contribution is -0.276. The van der Waals surface area contributed by atoms with Gasteiger partial charge in [-0.05, 0) is 67.8 Å². The van der Waals surface area contributed by atoms with Crippen molar-refractivity contribution in [3.8, 4) is 17.1 Å². The summed E-state index contributed by atoms with van der Waals surface area (Å²) in [6.07, 6.45) is -4.67. The van der Waals surface area contributed by atoms with Gasteiger partial charge in [-0.25, -0.2) is 4.98 Å². The standard InChI is InChI=1S/C28H25F3N4O2/c1-4-23-24(19-8-6-5-7-9-19)34-27(35-26(23)37-28(29,30)31)33-21-12-10-20(11-13-21)25(36)32-22-15-17(2)14-18(3)16-22/h5-16H,4H2,1-3H3,(H,32,36)(H,33,34,35). The number of nitrogens with zero attached hydrogens (tertiary/aromatic N) is 2. The average molecular weight is 507 g/mol. The number of hydrogen-bond acceptors (Lipinski definition) is 5. The van der Waals surface area contributed by atoms with E-state index in [9.17, 15) is 18.0 Å². The summed E-state index contributed by atoms with van der Waals surface area (Å²) in [6, 6.07) is 21.1. The number of hydrogen-bond donors (Lipinski definition) is 2. The molecular weight excluding hydrogens is 481 g/mol. The molecule has 0 spiro atoms. The Morgan fingerprint density at radius 3 is 2.14 bits per heavy atom. The Bertz CT molecular complexity index is 1390. The van der Waals surface area contributed by atoms with Crippen LogP contribution in [0.25, 0.3) is 11.3 Å². The summed E-state index contributed by atoms with van der Waals surface area (Å²) in [5.41, 5.74) is 4.88. The van der Waals surface area contributed by atoms with Gasteiger partial charge in [-0.15, -0.1) is 13.2 Å². The fraction of sp³-hybridized carbons (Fsp3) is 0.179. The molecule has 190 valence electrons. The van der Waals surface area contributed by atoms with Gasteiger partial charge in [0.2, 0.25) is 11.8 Å². The third kappa shape index (κ3) is 6.63. The lowest BCUT2D eigenvalue weighted by Crippen LogP contribution is -2.20. The van der Waals surface area contributed by atoms with Crippen LogP contribution in [0.15, 0.2) is 72.8 Å². The van der Waals surface area contributed by atoms with Crippen molar-refractivity contribution in [2.24, 2.45) is 0 Å². The Labute approximate surface area is 212 Å². The minimum absolute atomic E-state index is 0.0669. The Morgan fingerprint density at radius 1 is 0.892 bits per heavy atom. The molecule has 37 heavy (non-hydrogen) atoms. The second-order valence-electron chi connectivity index (χ2n) is 8.48. The van der Waals surface area contributed by atoms with Gasteiger partial charge in [0.05, 0.1) is 5.69 Å². The van der Waals surface area contributed by atoms with Crippen molar-refractivity contribution in [1.82, 2.24) is 9.97 Å². The summed E-state index contributed by atoms with van der Waals surface area (Å²) < 4.78 is 43.6. The van der Waals surface area contributed by atoms with Crippen LogP contribution in [-0.2, 0) is 6.42 Å². The zero-order valence-corrected chi connectivity index (χ0v) is 20.5. The molecule has 0 bridgehead atoms.